The minimum Gasteiger partial charge on any atom is -0.481 e. The third kappa shape index (κ3) is 25.5. The summed E-state index contributed by atoms with van der Waals surface area (Å²) in [6, 6.07) is 0. The van der Waals surface area contributed by atoms with Gasteiger partial charge >= 0.3 is 5.97 Å². The van der Waals surface area contributed by atoms with E-state index in [2.05, 4.69) is 11.7 Å². The summed E-state index contributed by atoms with van der Waals surface area (Å²) in [5.74, 6) is -0.754. The fraction of sp³-hybridized carbons (Fsp3) is 0.917. The van der Waals surface area contributed by atoms with Crippen molar-refractivity contribution in [2.45, 2.75) is 39.5 Å². The molecule has 17 heavy (non-hydrogen) atoms. The minimum atomic E-state index is -0.643. The van der Waals surface area contributed by atoms with Gasteiger partial charge in [0.2, 0.25) is 0 Å². The van der Waals surface area contributed by atoms with Crippen LogP contribution in [0.4, 0.5) is 0 Å². The second-order valence-electron chi connectivity index (χ2n) is 3.44. The SMILES string of the molecule is CCCCC(CC)C(=O)O.COC.OCCO. The highest BCUT2D eigenvalue weighted by atomic mass is 16.4. The Morgan fingerprint density at radius 1 is 1.18 bits per heavy atom. The lowest BCUT2D eigenvalue weighted by Gasteiger charge is -2.06. The Morgan fingerprint density at radius 2 is 1.59 bits per heavy atom. The largest absolute Gasteiger partial charge is 0.481 e. The summed E-state index contributed by atoms with van der Waals surface area (Å²) in [7, 11) is 3.25. The van der Waals surface area contributed by atoms with Crippen LogP contribution >= 0.6 is 0 Å². The smallest absolute Gasteiger partial charge is 0.306 e. The molecule has 0 aromatic carbocycles. The van der Waals surface area contributed by atoms with Gasteiger partial charge in [0.05, 0.1) is 19.1 Å². The summed E-state index contributed by atoms with van der Waals surface area (Å²) in [6.07, 6.45) is 3.71. The van der Waals surface area contributed by atoms with Crippen LogP contribution < -0.4 is 0 Å². The Kier molecular flexibility index (Phi) is 26.4. The van der Waals surface area contributed by atoms with E-state index in [1.807, 2.05) is 6.92 Å². The predicted octanol–water partition coefficient (Wildman–Crippen LogP) is 1.52. The molecule has 3 N–H and O–H groups in total. The second kappa shape index (κ2) is 20.7. The molecular formula is C12H28O5. The Balaban J connectivity index is -0.000000232. The molecule has 0 amide bonds. The van der Waals surface area contributed by atoms with Gasteiger partial charge in [-0.2, -0.15) is 0 Å². The third-order valence-electron chi connectivity index (χ3n) is 1.85. The first-order valence-electron chi connectivity index (χ1n) is 5.90. The summed E-state index contributed by atoms with van der Waals surface area (Å²) in [5, 5.41) is 23.8. The van der Waals surface area contributed by atoms with Crippen molar-refractivity contribution in [3.05, 3.63) is 0 Å². The summed E-state index contributed by atoms with van der Waals surface area (Å²) < 4.78 is 4.25. The zero-order valence-electron chi connectivity index (χ0n) is 11.5. The number of rotatable bonds is 6. The summed E-state index contributed by atoms with van der Waals surface area (Å²) in [4.78, 5) is 10.4. The quantitative estimate of drug-likeness (QED) is 0.667. The number of methoxy groups -OCH3 is 1. The van der Waals surface area contributed by atoms with E-state index < -0.39 is 5.97 Å². The van der Waals surface area contributed by atoms with Crippen molar-refractivity contribution in [1.82, 2.24) is 0 Å². The molecule has 0 spiro atoms. The Morgan fingerprint density at radius 3 is 1.76 bits per heavy atom. The highest BCUT2D eigenvalue weighted by Gasteiger charge is 2.12. The van der Waals surface area contributed by atoms with Crippen LogP contribution in [0.25, 0.3) is 0 Å². The molecule has 0 rings (SSSR count). The fourth-order valence-corrected chi connectivity index (χ4v) is 0.953. The minimum absolute atomic E-state index is 0.111. The van der Waals surface area contributed by atoms with Crippen molar-refractivity contribution in [3.8, 4) is 0 Å². The zero-order chi connectivity index (χ0) is 14.1. The molecule has 0 saturated carbocycles. The van der Waals surface area contributed by atoms with Gasteiger partial charge in [-0.25, -0.2) is 0 Å². The summed E-state index contributed by atoms with van der Waals surface area (Å²) in [6.45, 7) is 3.75. The van der Waals surface area contributed by atoms with Crippen molar-refractivity contribution in [3.63, 3.8) is 0 Å². The molecule has 0 aromatic rings. The van der Waals surface area contributed by atoms with Crippen LogP contribution in [-0.4, -0.2) is 48.7 Å². The molecule has 1 unspecified atom stereocenters. The van der Waals surface area contributed by atoms with E-state index in [9.17, 15) is 4.79 Å². The number of aliphatic carboxylic acids is 1. The van der Waals surface area contributed by atoms with Crippen LogP contribution in [0.15, 0.2) is 0 Å². The van der Waals surface area contributed by atoms with E-state index in [0.29, 0.717) is 0 Å². The van der Waals surface area contributed by atoms with Crippen LogP contribution in [-0.2, 0) is 9.53 Å². The Labute approximate surface area is 104 Å². The maximum Gasteiger partial charge on any atom is 0.306 e. The molecule has 5 heteroatoms. The third-order valence-corrected chi connectivity index (χ3v) is 1.85. The summed E-state index contributed by atoms with van der Waals surface area (Å²) >= 11 is 0. The highest BCUT2D eigenvalue weighted by Crippen LogP contribution is 2.11. The number of hydrogen-bond acceptors (Lipinski definition) is 4. The lowest BCUT2D eigenvalue weighted by molar-refractivity contribution is -0.142. The first-order valence-corrected chi connectivity index (χ1v) is 5.90. The van der Waals surface area contributed by atoms with Crippen LogP contribution in [0, 0.1) is 5.92 Å². The first kappa shape index (κ1) is 21.6. The van der Waals surface area contributed by atoms with E-state index in [1.54, 1.807) is 14.2 Å². The number of aliphatic hydroxyl groups excluding tert-OH is 2. The number of hydrogen-bond donors (Lipinski definition) is 3. The fourth-order valence-electron chi connectivity index (χ4n) is 0.953. The average molecular weight is 252 g/mol. The molecule has 106 valence electrons. The van der Waals surface area contributed by atoms with Crippen LogP contribution in [0.5, 0.6) is 0 Å². The first-order chi connectivity index (χ1) is 8.05. The van der Waals surface area contributed by atoms with Gasteiger partial charge in [0.1, 0.15) is 0 Å². The van der Waals surface area contributed by atoms with Crippen LogP contribution in [0.1, 0.15) is 39.5 Å². The number of carboxylic acids is 1. The lowest BCUT2D eigenvalue weighted by atomic mass is 10.00. The number of ether oxygens (including phenoxy) is 1. The van der Waals surface area contributed by atoms with Gasteiger partial charge in [-0.1, -0.05) is 26.7 Å². The monoisotopic (exact) mass is 252 g/mol. The van der Waals surface area contributed by atoms with Crippen molar-refractivity contribution in [1.29, 1.82) is 0 Å². The standard InChI is InChI=1S/C8H16O2.C2H6O2.C2H6O/c1-3-5-6-7(4-2)8(9)10;3-1-2-4;1-3-2/h7H,3-6H2,1-2H3,(H,9,10);3-4H,1-2H2;1-2H3. The number of unbranched alkanes of at least 4 members (excludes halogenated alkanes) is 1. The van der Waals surface area contributed by atoms with Crippen molar-refractivity contribution in [2.75, 3.05) is 27.4 Å². The Bertz CT molecular complexity index is 137. The summed E-state index contributed by atoms with van der Waals surface area (Å²) in [5.41, 5.74) is 0. The normalized spacial score (nSPS) is 10.5. The van der Waals surface area contributed by atoms with Gasteiger partial charge in [0.15, 0.2) is 0 Å². The van der Waals surface area contributed by atoms with Crippen LogP contribution in [0.2, 0.25) is 0 Å². The van der Waals surface area contributed by atoms with Gasteiger partial charge in [-0.3, -0.25) is 4.79 Å². The predicted molar refractivity (Wildman–Crippen MR) is 68.0 cm³/mol. The van der Waals surface area contributed by atoms with Crippen molar-refractivity contribution < 1.29 is 24.9 Å². The van der Waals surface area contributed by atoms with Crippen molar-refractivity contribution in [2.24, 2.45) is 5.92 Å². The van der Waals surface area contributed by atoms with Gasteiger partial charge in [-0.05, 0) is 12.8 Å². The van der Waals surface area contributed by atoms with Gasteiger partial charge in [0.25, 0.3) is 0 Å². The van der Waals surface area contributed by atoms with Gasteiger partial charge < -0.3 is 20.1 Å². The topological polar surface area (TPSA) is 87.0 Å². The average Bonchev–Trinajstić information content (AvgIpc) is 2.31. The maximum atomic E-state index is 10.4. The van der Waals surface area contributed by atoms with E-state index in [4.69, 9.17) is 15.3 Å². The number of carbonyl (C=O) groups is 1. The molecule has 0 radical (unpaired) electrons. The van der Waals surface area contributed by atoms with E-state index in [1.165, 1.54) is 0 Å². The molecule has 0 saturated heterocycles. The molecule has 5 nitrogen and oxygen atoms in total. The number of carboxylic acid groups (broad SMARTS) is 1. The van der Waals surface area contributed by atoms with E-state index in [-0.39, 0.29) is 19.1 Å². The van der Waals surface area contributed by atoms with Crippen molar-refractivity contribution >= 4 is 5.97 Å². The number of aliphatic hydroxyl groups is 2. The molecule has 1 atom stereocenters. The van der Waals surface area contributed by atoms with E-state index >= 15 is 0 Å². The lowest BCUT2D eigenvalue weighted by Crippen LogP contribution is -2.11. The molecular weight excluding hydrogens is 224 g/mol. The highest BCUT2D eigenvalue weighted by molar-refractivity contribution is 5.69. The molecule has 0 aliphatic carbocycles. The van der Waals surface area contributed by atoms with Crippen LogP contribution in [0.3, 0.4) is 0 Å². The van der Waals surface area contributed by atoms with E-state index in [0.717, 1.165) is 25.7 Å². The molecule has 0 aliphatic rings. The molecule has 0 bridgehead atoms. The second-order valence-corrected chi connectivity index (χ2v) is 3.44. The Hall–Kier alpha value is -0.650. The molecule has 0 fully saturated rings. The molecule has 0 heterocycles. The molecule has 0 aromatic heterocycles. The maximum absolute atomic E-state index is 10.4. The van der Waals surface area contributed by atoms with Gasteiger partial charge in [0, 0.05) is 14.2 Å². The zero-order valence-corrected chi connectivity index (χ0v) is 11.5. The van der Waals surface area contributed by atoms with Gasteiger partial charge in [-0.15, -0.1) is 0 Å². The molecule has 0 aliphatic heterocycles.